The van der Waals surface area contributed by atoms with Gasteiger partial charge in [-0.1, -0.05) is 12.8 Å². The van der Waals surface area contributed by atoms with E-state index in [1.807, 2.05) is 6.07 Å². The van der Waals surface area contributed by atoms with E-state index in [0.29, 0.717) is 12.2 Å². The Morgan fingerprint density at radius 2 is 2.15 bits per heavy atom. The van der Waals surface area contributed by atoms with E-state index in [4.69, 9.17) is 14.7 Å². The summed E-state index contributed by atoms with van der Waals surface area (Å²) in [5.41, 5.74) is 0.278. The minimum atomic E-state index is -0.462. The fourth-order valence-corrected chi connectivity index (χ4v) is 3.30. The highest BCUT2D eigenvalue weighted by molar-refractivity contribution is 5.36. The van der Waals surface area contributed by atoms with Gasteiger partial charge in [0.15, 0.2) is 11.6 Å². The van der Waals surface area contributed by atoms with E-state index in [1.165, 1.54) is 18.9 Å². The fourth-order valence-electron chi connectivity index (χ4n) is 3.30. The van der Waals surface area contributed by atoms with Crippen LogP contribution in [-0.2, 0) is 4.74 Å². The molecule has 0 N–H and O–H groups in total. The maximum atomic E-state index is 13.9. The van der Waals surface area contributed by atoms with Gasteiger partial charge in [-0.15, -0.1) is 0 Å². The van der Waals surface area contributed by atoms with E-state index in [1.54, 1.807) is 12.1 Å². The quantitative estimate of drug-likeness (QED) is 0.828. The molecular weight excluding hydrogens is 257 g/mol. The predicted molar refractivity (Wildman–Crippen MR) is 71.9 cm³/mol. The Morgan fingerprint density at radius 1 is 1.35 bits per heavy atom. The Morgan fingerprint density at radius 3 is 2.85 bits per heavy atom. The van der Waals surface area contributed by atoms with Crippen molar-refractivity contribution in [1.82, 2.24) is 0 Å². The van der Waals surface area contributed by atoms with E-state index < -0.39 is 5.82 Å². The van der Waals surface area contributed by atoms with Crippen molar-refractivity contribution in [3.63, 3.8) is 0 Å². The molecule has 1 heterocycles. The van der Waals surface area contributed by atoms with Crippen molar-refractivity contribution in [2.24, 2.45) is 0 Å². The summed E-state index contributed by atoms with van der Waals surface area (Å²) in [7, 11) is 0. The van der Waals surface area contributed by atoms with Crippen LogP contribution in [-0.4, -0.2) is 18.3 Å². The molecule has 1 spiro atoms. The summed E-state index contributed by atoms with van der Waals surface area (Å²) in [5.74, 6) is -0.222. The summed E-state index contributed by atoms with van der Waals surface area (Å²) in [6.07, 6.45) is 6.22. The molecule has 106 valence electrons. The summed E-state index contributed by atoms with van der Waals surface area (Å²) in [5, 5.41) is 8.74. The van der Waals surface area contributed by atoms with Gasteiger partial charge in [0.2, 0.25) is 0 Å². The summed E-state index contributed by atoms with van der Waals surface area (Å²) in [4.78, 5) is 0. The van der Waals surface area contributed by atoms with Gasteiger partial charge in [0.25, 0.3) is 0 Å². The monoisotopic (exact) mass is 275 g/mol. The van der Waals surface area contributed by atoms with Crippen LogP contribution in [0.2, 0.25) is 0 Å². The van der Waals surface area contributed by atoms with Gasteiger partial charge >= 0.3 is 0 Å². The first-order valence-electron chi connectivity index (χ1n) is 7.21. The van der Waals surface area contributed by atoms with Gasteiger partial charge in [0.05, 0.1) is 23.8 Å². The molecule has 0 bridgehead atoms. The molecule has 1 atom stereocenters. The second kappa shape index (κ2) is 5.41. The normalized spacial score (nSPS) is 24.5. The van der Waals surface area contributed by atoms with Crippen molar-refractivity contribution in [3.8, 4) is 11.8 Å². The zero-order valence-electron chi connectivity index (χ0n) is 11.4. The van der Waals surface area contributed by atoms with Gasteiger partial charge in [0, 0.05) is 12.8 Å². The van der Waals surface area contributed by atoms with E-state index in [-0.39, 0.29) is 17.5 Å². The number of hydrogen-bond donors (Lipinski definition) is 0. The van der Waals surface area contributed by atoms with Gasteiger partial charge in [-0.05, 0) is 31.0 Å². The molecule has 2 fully saturated rings. The average molecular weight is 275 g/mol. The van der Waals surface area contributed by atoms with Gasteiger partial charge < -0.3 is 9.47 Å². The van der Waals surface area contributed by atoms with Crippen LogP contribution in [0, 0.1) is 17.1 Å². The van der Waals surface area contributed by atoms with Gasteiger partial charge in [-0.3, -0.25) is 0 Å². The molecule has 0 radical (unpaired) electrons. The second-order valence-corrected chi connectivity index (χ2v) is 5.73. The number of ether oxygens (including phenoxy) is 2. The molecule has 1 aliphatic carbocycles. The summed E-state index contributed by atoms with van der Waals surface area (Å²) < 4.78 is 25.6. The molecule has 0 aromatic heterocycles. The van der Waals surface area contributed by atoms with Crippen molar-refractivity contribution in [3.05, 3.63) is 29.6 Å². The molecular formula is C16H18FNO2. The van der Waals surface area contributed by atoms with Crippen molar-refractivity contribution in [2.45, 2.75) is 50.2 Å². The van der Waals surface area contributed by atoms with Gasteiger partial charge in [0.1, 0.15) is 6.10 Å². The Bertz CT molecular complexity index is 532. The van der Waals surface area contributed by atoms with Crippen LogP contribution in [0.1, 0.15) is 44.1 Å². The maximum absolute atomic E-state index is 13.9. The SMILES string of the molecule is N#Cc1ccc(OC2CCOC3(CCCC3)C2)c(F)c1. The molecule has 3 nitrogen and oxygen atoms in total. The highest BCUT2D eigenvalue weighted by Crippen LogP contribution is 2.41. The third-order valence-electron chi connectivity index (χ3n) is 4.32. The molecule has 4 heteroatoms. The standard InChI is InChI=1S/C16H18FNO2/c17-14-9-12(11-18)3-4-15(14)20-13-5-8-19-16(10-13)6-1-2-7-16/h3-4,9,13H,1-2,5-8,10H2. The number of nitrogens with zero attached hydrogens (tertiary/aromatic N) is 1. The smallest absolute Gasteiger partial charge is 0.166 e. The van der Waals surface area contributed by atoms with Crippen LogP contribution in [0.5, 0.6) is 5.75 Å². The van der Waals surface area contributed by atoms with Crippen molar-refractivity contribution in [1.29, 1.82) is 5.26 Å². The lowest BCUT2D eigenvalue weighted by Gasteiger charge is -2.38. The topological polar surface area (TPSA) is 42.2 Å². The Balaban J connectivity index is 1.70. The van der Waals surface area contributed by atoms with Crippen LogP contribution in [0.3, 0.4) is 0 Å². The van der Waals surface area contributed by atoms with Crippen LogP contribution >= 0.6 is 0 Å². The Labute approximate surface area is 118 Å². The van der Waals surface area contributed by atoms with E-state index in [2.05, 4.69) is 0 Å². The van der Waals surface area contributed by atoms with E-state index in [9.17, 15) is 4.39 Å². The molecule has 1 saturated heterocycles. The molecule has 1 aromatic carbocycles. The van der Waals surface area contributed by atoms with Gasteiger partial charge in [-0.25, -0.2) is 4.39 Å². The molecule has 1 aliphatic heterocycles. The molecule has 20 heavy (non-hydrogen) atoms. The molecule has 1 unspecified atom stereocenters. The van der Waals surface area contributed by atoms with Crippen LogP contribution in [0.4, 0.5) is 4.39 Å². The van der Waals surface area contributed by atoms with Crippen LogP contribution in [0.25, 0.3) is 0 Å². The molecule has 0 amide bonds. The zero-order valence-corrected chi connectivity index (χ0v) is 11.4. The number of nitriles is 1. The summed E-state index contributed by atoms with van der Waals surface area (Å²) in [6.45, 7) is 0.683. The first-order chi connectivity index (χ1) is 9.71. The largest absolute Gasteiger partial charge is 0.487 e. The highest BCUT2D eigenvalue weighted by Gasteiger charge is 2.40. The minimum absolute atomic E-state index is 0.00397. The highest BCUT2D eigenvalue weighted by atomic mass is 19.1. The molecule has 2 aliphatic rings. The fraction of sp³-hybridized carbons (Fsp3) is 0.562. The number of rotatable bonds is 2. The van der Waals surface area contributed by atoms with E-state index >= 15 is 0 Å². The lowest BCUT2D eigenvalue weighted by Crippen LogP contribution is -2.41. The third-order valence-corrected chi connectivity index (χ3v) is 4.32. The molecule has 1 aromatic rings. The average Bonchev–Trinajstić information content (AvgIpc) is 2.89. The van der Waals surface area contributed by atoms with Crippen molar-refractivity contribution < 1.29 is 13.9 Å². The van der Waals surface area contributed by atoms with Crippen LogP contribution < -0.4 is 4.74 Å². The minimum Gasteiger partial charge on any atom is -0.487 e. The Hall–Kier alpha value is -1.60. The summed E-state index contributed by atoms with van der Waals surface area (Å²) in [6, 6.07) is 6.28. The lowest BCUT2D eigenvalue weighted by molar-refractivity contribution is -0.108. The van der Waals surface area contributed by atoms with Crippen molar-refractivity contribution >= 4 is 0 Å². The number of benzene rings is 1. The molecule has 1 saturated carbocycles. The first-order valence-corrected chi connectivity index (χ1v) is 7.21. The lowest BCUT2D eigenvalue weighted by atomic mass is 9.90. The van der Waals surface area contributed by atoms with Crippen LogP contribution in [0.15, 0.2) is 18.2 Å². The maximum Gasteiger partial charge on any atom is 0.166 e. The number of hydrogen-bond acceptors (Lipinski definition) is 3. The Kier molecular flexibility index (Phi) is 3.62. The van der Waals surface area contributed by atoms with E-state index in [0.717, 1.165) is 25.7 Å². The second-order valence-electron chi connectivity index (χ2n) is 5.73. The zero-order chi connectivity index (χ0) is 14.0. The molecule has 3 rings (SSSR count). The van der Waals surface area contributed by atoms with Gasteiger partial charge in [-0.2, -0.15) is 5.26 Å². The number of halogens is 1. The summed E-state index contributed by atoms with van der Waals surface area (Å²) >= 11 is 0. The van der Waals surface area contributed by atoms with Crippen molar-refractivity contribution in [2.75, 3.05) is 6.61 Å². The predicted octanol–water partition coefficient (Wildman–Crippen LogP) is 3.57. The third kappa shape index (κ3) is 2.64. The first kappa shape index (κ1) is 13.4.